The smallest absolute Gasteiger partial charge is 0.0943 e. The number of halogens is 1. The number of nitrogens with one attached hydrogen (secondary N) is 1. The fraction of sp³-hybridized carbons (Fsp3) is 0.400. The Morgan fingerprint density at radius 3 is 2.84 bits per heavy atom. The maximum atomic E-state index is 6.17. The quantitative estimate of drug-likeness (QED) is 0.855. The number of nitrogens with zero attached hydrogens (tertiary/aromatic N) is 1. The summed E-state index contributed by atoms with van der Waals surface area (Å²) >= 11 is 7.87. The first-order valence-electron chi connectivity index (χ1n) is 6.58. The molecule has 0 fully saturated rings. The summed E-state index contributed by atoms with van der Waals surface area (Å²) in [5, 5.41) is 7.57. The molecule has 1 atom stereocenters. The molecule has 102 valence electrons. The lowest BCUT2D eigenvalue weighted by molar-refractivity contribution is 0.528. The highest BCUT2D eigenvalue weighted by Gasteiger charge is 2.14. The second kappa shape index (κ2) is 7.04. The largest absolute Gasteiger partial charge is 0.310 e. The summed E-state index contributed by atoms with van der Waals surface area (Å²) in [6, 6.07) is 6.52. The van der Waals surface area contributed by atoms with E-state index in [2.05, 4.69) is 36.3 Å². The number of hydrogen-bond donors (Lipinski definition) is 1. The maximum Gasteiger partial charge on any atom is 0.0943 e. The lowest BCUT2D eigenvalue weighted by Gasteiger charge is -2.19. The van der Waals surface area contributed by atoms with Crippen LogP contribution in [-0.4, -0.2) is 11.5 Å². The monoisotopic (exact) mass is 294 g/mol. The van der Waals surface area contributed by atoms with Crippen LogP contribution in [0.2, 0.25) is 5.02 Å². The van der Waals surface area contributed by atoms with E-state index < -0.39 is 0 Å². The van der Waals surface area contributed by atoms with Gasteiger partial charge in [0.2, 0.25) is 0 Å². The lowest BCUT2D eigenvalue weighted by atomic mass is 10.0. The minimum Gasteiger partial charge on any atom is -0.310 e. The van der Waals surface area contributed by atoms with E-state index in [9.17, 15) is 0 Å². The molecule has 2 rings (SSSR count). The zero-order chi connectivity index (χ0) is 13.7. The summed E-state index contributed by atoms with van der Waals surface area (Å²) in [6.45, 7) is 5.26. The van der Waals surface area contributed by atoms with Crippen molar-refractivity contribution in [2.45, 2.75) is 32.7 Å². The van der Waals surface area contributed by atoms with Gasteiger partial charge in [0.05, 0.1) is 5.01 Å². The SMILES string of the molecule is CCCNC(Cc1nccs1)c1cc(C)cc(Cl)c1. The second-order valence-corrected chi connectivity index (χ2v) is 6.11. The summed E-state index contributed by atoms with van der Waals surface area (Å²) < 4.78 is 0. The van der Waals surface area contributed by atoms with Crippen molar-refractivity contribution in [3.63, 3.8) is 0 Å². The summed E-state index contributed by atoms with van der Waals surface area (Å²) in [4.78, 5) is 4.38. The van der Waals surface area contributed by atoms with Crippen LogP contribution < -0.4 is 5.32 Å². The fourth-order valence-electron chi connectivity index (χ4n) is 2.12. The average Bonchev–Trinajstić information content (AvgIpc) is 2.86. The van der Waals surface area contributed by atoms with E-state index in [4.69, 9.17) is 11.6 Å². The molecule has 0 bridgehead atoms. The summed E-state index contributed by atoms with van der Waals surface area (Å²) in [7, 11) is 0. The minimum atomic E-state index is 0.281. The molecule has 1 aromatic heterocycles. The van der Waals surface area contributed by atoms with Crippen LogP contribution in [0.1, 0.15) is 35.5 Å². The van der Waals surface area contributed by atoms with Crippen molar-refractivity contribution in [2.75, 3.05) is 6.54 Å². The molecular formula is C15H19ClN2S. The first-order valence-corrected chi connectivity index (χ1v) is 7.83. The molecule has 1 unspecified atom stereocenters. The van der Waals surface area contributed by atoms with Gasteiger partial charge in [-0.15, -0.1) is 11.3 Å². The van der Waals surface area contributed by atoms with Gasteiger partial charge < -0.3 is 5.32 Å². The molecule has 0 aliphatic carbocycles. The molecule has 19 heavy (non-hydrogen) atoms. The maximum absolute atomic E-state index is 6.17. The Balaban J connectivity index is 2.20. The Morgan fingerprint density at radius 1 is 1.37 bits per heavy atom. The van der Waals surface area contributed by atoms with E-state index in [0.717, 1.165) is 29.4 Å². The average molecular weight is 295 g/mol. The zero-order valence-electron chi connectivity index (χ0n) is 11.3. The van der Waals surface area contributed by atoms with Crippen molar-refractivity contribution in [3.05, 3.63) is 50.9 Å². The molecular weight excluding hydrogens is 276 g/mol. The van der Waals surface area contributed by atoms with Gasteiger partial charge >= 0.3 is 0 Å². The zero-order valence-corrected chi connectivity index (χ0v) is 12.9. The van der Waals surface area contributed by atoms with Crippen molar-refractivity contribution in [2.24, 2.45) is 0 Å². The third kappa shape index (κ3) is 4.30. The van der Waals surface area contributed by atoms with Crippen LogP contribution in [0.5, 0.6) is 0 Å². The predicted molar refractivity (Wildman–Crippen MR) is 83.0 cm³/mol. The number of hydrogen-bond acceptors (Lipinski definition) is 3. The summed E-state index contributed by atoms with van der Waals surface area (Å²) in [6.07, 6.45) is 3.89. The van der Waals surface area contributed by atoms with E-state index in [1.165, 1.54) is 11.1 Å². The molecule has 4 heteroatoms. The van der Waals surface area contributed by atoms with Crippen molar-refractivity contribution in [1.29, 1.82) is 0 Å². The summed E-state index contributed by atoms with van der Waals surface area (Å²) in [5.74, 6) is 0. The molecule has 1 aromatic carbocycles. The first kappa shape index (κ1) is 14.5. The highest BCUT2D eigenvalue weighted by atomic mass is 35.5. The number of thiazole rings is 1. The minimum absolute atomic E-state index is 0.281. The van der Waals surface area contributed by atoms with Gasteiger partial charge in [-0.1, -0.05) is 24.6 Å². The molecule has 0 saturated carbocycles. The number of aryl methyl sites for hydroxylation is 1. The van der Waals surface area contributed by atoms with Gasteiger partial charge in [0, 0.05) is 29.1 Å². The molecule has 2 aromatic rings. The van der Waals surface area contributed by atoms with E-state index in [1.54, 1.807) is 11.3 Å². The standard InChI is InChI=1S/C15H19ClN2S/c1-3-4-17-14(10-15-18-5-6-19-15)12-7-11(2)8-13(16)9-12/h5-9,14,17H,3-4,10H2,1-2H3. The third-order valence-corrected chi connectivity index (χ3v) is 3.99. The van der Waals surface area contributed by atoms with Gasteiger partial charge in [-0.05, 0) is 43.1 Å². The van der Waals surface area contributed by atoms with Crippen molar-refractivity contribution < 1.29 is 0 Å². The van der Waals surface area contributed by atoms with E-state index >= 15 is 0 Å². The number of aromatic nitrogens is 1. The number of rotatable bonds is 6. The van der Waals surface area contributed by atoms with Gasteiger partial charge in [0.25, 0.3) is 0 Å². The van der Waals surface area contributed by atoms with Crippen LogP contribution in [-0.2, 0) is 6.42 Å². The molecule has 0 spiro atoms. The molecule has 0 saturated heterocycles. The van der Waals surface area contributed by atoms with Gasteiger partial charge in [-0.2, -0.15) is 0 Å². The predicted octanol–water partition coefficient (Wildman–Crippen LogP) is 4.39. The van der Waals surface area contributed by atoms with E-state index in [-0.39, 0.29) is 6.04 Å². The van der Waals surface area contributed by atoms with Crippen molar-refractivity contribution in [3.8, 4) is 0 Å². The molecule has 2 nitrogen and oxygen atoms in total. The topological polar surface area (TPSA) is 24.9 Å². The van der Waals surface area contributed by atoms with Crippen LogP contribution in [0.25, 0.3) is 0 Å². The Kier molecular flexibility index (Phi) is 5.37. The van der Waals surface area contributed by atoms with Crippen molar-refractivity contribution >= 4 is 22.9 Å². The molecule has 0 aliphatic rings. The van der Waals surface area contributed by atoms with E-state index in [1.807, 2.05) is 17.6 Å². The molecule has 0 radical (unpaired) electrons. The Bertz CT molecular complexity index is 491. The molecule has 1 heterocycles. The van der Waals surface area contributed by atoms with Crippen LogP contribution in [0.4, 0.5) is 0 Å². The highest BCUT2D eigenvalue weighted by molar-refractivity contribution is 7.09. The third-order valence-electron chi connectivity index (χ3n) is 2.97. The van der Waals surface area contributed by atoms with Crippen LogP contribution in [0.3, 0.4) is 0 Å². The number of benzene rings is 1. The van der Waals surface area contributed by atoms with Crippen LogP contribution in [0.15, 0.2) is 29.8 Å². The normalized spacial score (nSPS) is 12.6. The molecule has 1 N–H and O–H groups in total. The van der Waals surface area contributed by atoms with Crippen LogP contribution >= 0.6 is 22.9 Å². The van der Waals surface area contributed by atoms with Gasteiger partial charge in [0.15, 0.2) is 0 Å². The molecule has 0 amide bonds. The van der Waals surface area contributed by atoms with Gasteiger partial charge in [-0.25, -0.2) is 4.98 Å². The fourth-order valence-corrected chi connectivity index (χ4v) is 3.08. The lowest BCUT2D eigenvalue weighted by Crippen LogP contribution is -2.24. The molecule has 0 aliphatic heterocycles. The second-order valence-electron chi connectivity index (χ2n) is 4.70. The Hall–Kier alpha value is -0.900. The van der Waals surface area contributed by atoms with Crippen molar-refractivity contribution in [1.82, 2.24) is 10.3 Å². The Labute approximate surface area is 123 Å². The Morgan fingerprint density at radius 2 is 2.21 bits per heavy atom. The van der Waals surface area contributed by atoms with Crippen LogP contribution in [0, 0.1) is 6.92 Å². The van der Waals surface area contributed by atoms with Gasteiger partial charge in [-0.3, -0.25) is 0 Å². The first-order chi connectivity index (χ1) is 9.19. The summed E-state index contributed by atoms with van der Waals surface area (Å²) in [5.41, 5.74) is 2.44. The van der Waals surface area contributed by atoms with Gasteiger partial charge in [0.1, 0.15) is 0 Å². The highest BCUT2D eigenvalue weighted by Crippen LogP contribution is 2.24. The van der Waals surface area contributed by atoms with E-state index in [0.29, 0.717) is 0 Å².